The molecule has 0 bridgehead atoms. The fourth-order valence-corrected chi connectivity index (χ4v) is 3.92. The van der Waals surface area contributed by atoms with Crippen LogP contribution in [0.4, 0.5) is 4.79 Å². The number of rotatable bonds is 5. The molecule has 4 amide bonds. The fourth-order valence-electron chi connectivity index (χ4n) is 3.92. The van der Waals surface area contributed by atoms with E-state index in [4.69, 9.17) is 0 Å². The van der Waals surface area contributed by atoms with Crippen LogP contribution in [0.25, 0.3) is 0 Å². The van der Waals surface area contributed by atoms with E-state index in [0.29, 0.717) is 6.42 Å². The number of aryl methyl sites for hydroxylation is 1. The number of carbonyl (C=O) groups excluding carboxylic acids is 3. The number of imide groups is 1. The molecule has 0 saturated carbocycles. The van der Waals surface area contributed by atoms with Crippen LogP contribution in [0.15, 0.2) is 24.3 Å². The summed E-state index contributed by atoms with van der Waals surface area (Å²) < 4.78 is 0. The Balaban J connectivity index is 1.79. The molecule has 6 nitrogen and oxygen atoms in total. The van der Waals surface area contributed by atoms with Crippen LogP contribution in [0.1, 0.15) is 50.7 Å². The minimum absolute atomic E-state index is 0.0302. The highest BCUT2D eigenvalue weighted by molar-refractivity contribution is 6.09. The number of nitrogens with zero attached hydrogens (tertiary/aromatic N) is 1. The Morgan fingerprint density at radius 1 is 1.36 bits per heavy atom. The second kappa shape index (κ2) is 6.86. The van der Waals surface area contributed by atoms with Crippen molar-refractivity contribution in [1.82, 2.24) is 15.5 Å². The van der Waals surface area contributed by atoms with E-state index in [-0.39, 0.29) is 24.4 Å². The minimum atomic E-state index is -1.01. The molecule has 134 valence electrons. The number of carbonyl (C=O) groups is 3. The van der Waals surface area contributed by atoms with Gasteiger partial charge in [-0.25, -0.2) is 4.79 Å². The van der Waals surface area contributed by atoms with Gasteiger partial charge in [-0.3, -0.25) is 14.5 Å². The lowest BCUT2D eigenvalue weighted by molar-refractivity contribution is -0.135. The second-order valence-corrected chi connectivity index (χ2v) is 6.99. The third kappa shape index (κ3) is 3.13. The van der Waals surface area contributed by atoms with Crippen molar-refractivity contribution in [2.75, 3.05) is 6.54 Å². The predicted molar refractivity (Wildman–Crippen MR) is 93.8 cm³/mol. The SMILES string of the molecule is CCC[C@@H](C)NC(=O)CN1C(=O)N[C@@]2(CCCc3ccccc32)C1=O. The lowest BCUT2D eigenvalue weighted by Gasteiger charge is -2.33. The topological polar surface area (TPSA) is 78.5 Å². The van der Waals surface area contributed by atoms with Crippen molar-refractivity contribution in [3.05, 3.63) is 35.4 Å². The summed E-state index contributed by atoms with van der Waals surface area (Å²) >= 11 is 0. The summed E-state index contributed by atoms with van der Waals surface area (Å²) in [6.07, 6.45) is 4.12. The van der Waals surface area contributed by atoms with Crippen molar-refractivity contribution in [2.24, 2.45) is 0 Å². The van der Waals surface area contributed by atoms with Crippen LogP contribution < -0.4 is 10.6 Å². The normalized spacial score (nSPS) is 23.4. The van der Waals surface area contributed by atoms with Gasteiger partial charge in [-0.05, 0) is 43.7 Å². The van der Waals surface area contributed by atoms with Crippen LogP contribution in [-0.4, -0.2) is 35.3 Å². The molecule has 0 unspecified atom stereocenters. The average Bonchev–Trinajstić information content (AvgIpc) is 2.80. The molecule has 0 aromatic heterocycles. The summed E-state index contributed by atoms with van der Waals surface area (Å²) in [6.45, 7) is 3.74. The molecule has 2 N–H and O–H groups in total. The van der Waals surface area contributed by atoms with E-state index in [1.807, 2.05) is 38.1 Å². The molecule has 2 atom stereocenters. The number of nitrogens with one attached hydrogen (secondary N) is 2. The Morgan fingerprint density at radius 2 is 2.12 bits per heavy atom. The van der Waals surface area contributed by atoms with E-state index in [9.17, 15) is 14.4 Å². The lowest BCUT2D eigenvalue weighted by atomic mass is 9.76. The first-order valence-corrected chi connectivity index (χ1v) is 9.00. The van der Waals surface area contributed by atoms with E-state index in [0.717, 1.165) is 41.7 Å². The molecule has 25 heavy (non-hydrogen) atoms. The number of urea groups is 1. The molecule has 1 spiro atoms. The molecule has 6 heteroatoms. The molecule has 1 aliphatic heterocycles. The van der Waals surface area contributed by atoms with E-state index < -0.39 is 11.6 Å². The van der Waals surface area contributed by atoms with Gasteiger partial charge in [0.25, 0.3) is 5.91 Å². The summed E-state index contributed by atoms with van der Waals surface area (Å²) in [5, 5.41) is 5.71. The maximum atomic E-state index is 13.1. The van der Waals surface area contributed by atoms with E-state index in [2.05, 4.69) is 10.6 Å². The molecule has 1 saturated heterocycles. The van der Waals surface area contributed by atoms with Crippen LogP contribution >= 0.6 is 0 Å². The fraction of sp³-hybridized carbons (Fsp3) is 0.526. The van der Waals surface area contributed by atoms with Gasteiger partial charge in [0.15, 0.2) is 0 Å². The van der Waals surface area contributed by atoms with Gasteiger partial charge < -0.3 is 10.6 Å². The highest BCUT2D eigenvalue weighted by atomic mass is 16.2. The average molecular weight is 343 g/mol. The van der Waals surface area contributed by atoms with Gasteiger partial charge >= 0.3 is 6.03 Å². The summed E-state index contributed by atoms with van der Waals surface area (Å²) in [6, 6.07) is 7.27. The maximum Gasteiger partial charge on any atom is 0.325 e. The third-order valence-corrected chi connectivity index (χ3v) is 5.08. The minimum Gasteiger partial charge on any atom is -0.352 e. The molecule has 0 radical (unpaired) electrons. The Labute approximate surface area is 148 Å². The Bertz CT molecular complexity index is 703. The monoisotopic (exact) mass is 343 g/mol. The maximum absolute atomic E-state index is 13.1. The first-order chi connectivity index (χ1) is 12.0. The number of hydrogen-bond acceptors (Lipinski definition) is 3. The largest absolute Gasteiger partial charge is 0.352 e. The summed E-state index contributed by atoms with van der Waals surface area (Å²) in [7, 11) is 0. The van der Waals surface area contributed by atoms with Crippen LogP contribution in [0.2, 0.25) is 0 Å². The molecule has 1 aliphatic carbocycles. The summed E-state index contributed by atoms with van der Waals surface area (Å²) in [4.78, 5) is 38.8. The van der Waals surface area contributed by atoms with Gasteiger partial charge in [0.05, 0.1) is 0 Å². The number of hydrogen-bond donors (Lipinski definition) is 2. The predicted octanol–water partition coefficient (Wildman–Crippen LogP) is 2.07. The van der Waals surface area contributed by atoms with Crippen LogP contribution in [0.3, 0.4) is 0 Å². The zero-order valence-electron chi connectivity index (χ0n) is 14.8. The van der Waals surface area contributed by atoms with Gasteiger partial charge in [-0.2, -0.15) is 0 Å². The molecule has 1 aromatic carbocycles. The van der Waals surface area contributed by atoms with Crippen molar-refractivity contribution >= 4 is 17.8 Å². The highest BCUT2D eigenvalue weighted by Gasteiger charge is 2.54. The molecule has 1 fully saturated rings. The zero-order chi connectivity index (χ0) is 18.0. The standard InChI is InChI=1S/C19H25N3O3/c1-3-7-13(2)20-16(23)12-22-17(24)19(21-18(22)25)11-6-9-14-8-4-5-10-15(14)19/h4-5,8,10,13H,3,6-7,9,11-12H2,1-2H3,(H,20,23)(H,21,25)/t13-,19-/m1/s1. The number of fused-ring (bicyclic) bond motifs is 2. The quantitative estimate of drug-likeness (QED) is 0.804. The summed E-state index contributed by atoms with van der Waals surface area (Å²) in [5.74, 6) is -0.617. The van der Waals surface area contributed by atoms with E-state index in [1.54, 1.807) is 0 Å². The Hall–Kier alpha value is -2.37. The Kier molecular flexibility index (Phi) is 4.79. The smallest absolute Gasteiger partial charge is 0.325 e. The number of amides is 4. The van der Waals surface area contributed by atoms with Crippen LogP contribution in [0.5, 0.6) is 0 Å². The van der Waals surface area contributed by atoms with Gasteiger partial charge in [-0.15, -0.1) is 0 Å². The molecular formula is C19H25N3O3. The molecular weight excluding hydrogens is 318 g/mol. The van der Waals surface area contributed by atoms with Crippen LogP contribution in [0, 0.1) is 0 Å². The molecule has 3 rings (SSSR count). The Morgan fingerprint density at radius 3 is 2.88 bits per heavy atom. The van der Waals surface area contributed by atoms with Gasteiger partial charge in [0.2, 0.25) is 5.91 Å². The second-order valence-electron chi connectivity index (χ2n) is 6.99. The van der Waals surface area contributed by atoms with Crippen molar-refractivity contribution in [3.63, 3.8) is 0 Å². The van der Waals surface area contributed by atoms with Crippen molar-refractivity contribution in [1.29, 1.82) is 0 Å². The highest BCUT2D eigenvalue weighted by Crippen LogP contribution is 2.39. The van der Waals surface area contributed by atoms with Crippen molar-refractivity contribution in [2.45, 2.75) is 57.5 Å². The van der Waals surface area contributed by atoms with Crippen molar-refractivity contribution < 1.29 is 14.4 Å². The number of benzene rings is 1. The molecule has 1 heterocycles. The van der Waals surface area contributed by atoms with Gasteiger partial charge in [0, 0.05) is 6.04 Å². The first kappa shape index (κ1) is 17.5. The summed E-state index contributed by atoms with van der Waals surface area (Å²) in [5.41, 5.74) is 0.938. The lowest BCUT2D eigenvalue weighted by Crippen LogP contribution is -2.47. The zero-order valence-corrected chi connectivity index (χ0v) is 14.8. The first-order valence-electron chi connectivity index (χ1n) is 9.00. The van der Waals surface area contributed by atoms with Crippen molar-refractivity contribution in [3.8, 4) is 0 Å². The van der Waals surface area contributed by atoms with E-state index in [1.165, 1.54) is 0 Å². The van der Waals surface area contributed by atoms with E-state index >= 15 is 0 Å². The van der Waals surface area contributed by atoms with Gasteiger partial charge in [0.1, 0.15) is 12.1 Å². The van der Waals surface area contributed by atoms with Crippen LogP contribution in [-0.2, 0) is 21.5 Å². The molecule has 1 aromatic rings. The third-order valence-electron chi connectivity index (χ3n) is 5.08. The molecule has 2 aliphatic rings. The van der Waals surface area contributed by atoms with Gasteiger partial charge in [-0.1, -0.05) is 37.6 Å².